The molecule has 34 heavy (non-hydrogen) atoms. The van der Waals surface area contributed by atoms with E-state index in [0.717, 1.165) is 35.9 Å². The molecule has 1 aliphatic carbocycles. The zero-order chi connectivity index (χ0) is 23.8. The van der Waals surface area contributed by atoms with Crippen LogP contribution in [0.2, 0.25) is 0 Å². The summed E-state index contributed by atoms with van der Waals surface area (Å²) in [6.45, 7) is 2.41. The van der Waals surface area contributed by atoms with Gasteiger partial charge in [0.05, 0.1) is 17.6 Å². The Morgan fingerprint density at radius 1 is 1.26 bits per heavy atom. The van der Waals surface area contributed by atoms with Crippen molar-refractivity contribution in [3.63, 3.8) is 0 Å². The van der Waals surface area contributed by atoms with Crippen molar-refractivity contribution in [1.29, 1.82) is 0 Å². The molecule has 2 aliphatic heterocycles. The summed E-state index contributed by atoms with van der Waals surface area (Å²) in [5.41, 5.74) is 1.53. The number of thiophene rings is 1. The van der Waals surface area contributed by atoms with Crippen molar-refractivity contribution >= 4 is 23.1 Å². The Kier molecular flexibility index (Phi) is 6.36. The van der Waals surface area contributed by atoms with Gasteiger partial charge in [0.2, 0.25) is 0 Å². The number of ketones is 1. The van der Waals surface area contributed by atoms with E-state index < -0.39 is 23.5 Å². The number of rotatable bonds is 5. The van der Waals surface area contributed by atoms with Gasteiger partial charge in [0.15, 0.2) is 5.78 Å². The molecule has 0 unspecified atom stereocenters. The van der Waals surface area contributed by atoms with Gasteiger partial charge < -0.3 is 14.8 Å². The summed E-state index contributed by atoms with van der Waals surface area (Å²) in [7, 11) is 0. The highest BCUT2D eigenvalue weighted by Crippen LogP contribution is 2.46. The third-order valence-corrected chi connectivity index (χ3v) is 7.72. The van der Waals surface area contributed by atoms with E-state index in [1.165, 1.54) is 0 Å². The number of hydrogen-bond acceptors (Lipinski definition) is 6. The lowest BCUT2D eigenvalue weighted by atomic mass is 9.72. The van der Waals surface area contributed by atoms with E-state index in [2.05, 4.69) is 5.32 Å². The first-order chi connectivity index (χ1) is 16.4. The molecule has 3 heterocycles. The van der Waals surface area contributed by atoms with Crippen molar-refractivity contribution < 1.29 is 27.8 Å². The third-order valence-electron chi connectivity index (χ3n) is 6.69. The van der Waals surface area contributed by atoms with Gasteiger partial charge in [0.25, 0.3) is 0 Å². The van der Waals surface area contributed by atoms with Crippen molar-refractivity contribution in [1.82, 2.24) is 5.32 Å². The largest absolute Gasteiger partial charge is 0.459 e. The number of benzene rings is 1. The molecule has 0 bridgehead atoms. The minimum Gasteiger partial charge on any atom is -0.459 e. The predicted octanol–water partition coefficient (Wildman–Crippen LogP) is 5.11. The van der Waals surface area contributed by atoms with Crippen LogP contribution in [0, 0.1) is 11.6 Å². The van der Waals surface area contributed by atoms with Gasteiger partial charge in [-0.3, -0.25) is 4.79 Å². The highest BCUT2D eigenvalue weighted by atomic mass is 32.1. The molecule has 0 spiro atoms. The zero-order valence-electron chi connectivity index (χ0n) is 18.7. The smallest absolute Gasteiger partial charge is 0.336 e. The van der Waals surface area contributed by atoms with Crippen LogP contribution in [0.25, 0.3) is 0 Å². The van der Waals surface area contributed by atoms with Crippen LogP contribution in [0.15, 0.2) is 58.3 Å². The molecule has 5 rings (SSSR count). The van der Waals surface area contributed by atoms with Crippen LogP contribution >= 0.6 is 11.3 Å². The lowest BCUT2D eigenvalue weighted by Crippen LogP contribution is -2.36. The molecule has 1 saturated heterocycles. The van der Waals surface area contributed by atoms with Crippen LogP contribution in [-0.2, 0) is 19.1 Å². The summed E-state index contributed by atoms with van der Waals surface area (Å²) in [5.74, 6) is -3.20. The lowest BCUT2D eigenvalue weighted by molar-refractivity contribution is -0.142. The maximum absolute atomic E-state index is 15.0. The zero-order valence-corrected chi connectivity index (χ0v) is 19.6. The predicted molar refractivity (Wildman–Crippen MR) is 123 cm³/mol. The van der Waals surface area contributed by atoms with Gasteiger partial charge in [-0.2, -0.15) is 0 Å². The number of nitrogens with one attached hydrogen (secondary N) is 1. The molecule has 1 aromatic heterocycles. The van der Waals surface area contributed by atoms with E-state index in [1.807, 2.05) is 17.5 Å². The quantitative estimate of drug-likeness (QED) is 0.597. The van der Waals surface area contributed by atoms with Crippen molar-refractivity contribution in [3.8, 4) is 0 Å². The summed E-state index contributed by atoms with van der Waals surface area (Å²) < 4.78 is 40.3. The summed E-state index contributed by atoms with van der Waals surface area (Å²) in [5, 5.41) is 5.20. The number of dihydropyridines is 1. The van der Waals surface area contributed by atoms with E-state index in [9.17, 15) is 14.0 Å². The third kappa shape index (κ3) is 4.32. The molecule has 2 aromatic rings. The van der Waals surface area contributed by atoms with Gasteiger partial charge in [-0.15, -0.1) is 11.3 Å². The average molecular weight is 486 g/mol. The van der Waals surface area contributed by atoms with Crippen LogP contribution in [0.5, 0.6) is 0 Å². The monoisotopic (exact) mass is 485 g/mol. The van der Waals surface area contributed by atoms with Crippen LogP contribution in [0.3, 0.4) is 0 Å². The second-order valence-corrected chi connectivity index (χ2v) is 9.91. The number of ether oxygens (including phenoxy) is 2. The van der Waals surface area contributed by atoms with Gasteiger partial charge in [-0.05, 0) is 55.8 Å². The standard InChI is InChI=1S/C26H25F2NO4S/c1-14-23(26(31)33-13-17-4-2-8-32-17)24(18-12-16(27)6-7-19(18)28)25-20(29-14)10-15(11-21(25)30)22-5-3-9-34-22/h3,5-7,9,12,15,17,24,29H,2,4,8,10-11,13H2,1H3/t15-,17+,24+/m1/s1. The van der Waals surface area contributed by atoms with Gasteiger partial charge >= 0.3 is 5.97 Å². The number of allylic oxidation sites excluding steroid dienone is 3. The van der Waals surface area contributed by atoms with Gasteiger partial charge in [-0.25, -0.2) is 13.6 Å². The maximum atomic E-state index is 15.0. The molecule has 178 valence electrons. The number of carbonyl (C=O) groups excluding carboxylic acids is 2. The van der Waals surface area contributed by atoms with E-state index in [1.54, 1.807) is 18.3 Å². The van der Waals surface area contributed by atoms with Crippen LogP contribution in [0.1, 0.15) is 54.9 Å². The fourth-order valence-corrected chi connectivity index (χ4v) is 5.93. The normalized spacial score (nSPS) is 24.8. The SMILES string of the molecule is CC1=C(C(=O)OC[C@@H]2CCCO2)[C@H](c2cc(F)ccc2F)C2=C(C[C@@H](c3cccs3)CC2=O)N1. The molecule has 8 heteroatoms. The lowest BCUT2D eigenvalue weighted by Gasteiger charge is -2.36. The average Bonchev–Trinajstić information content (AvgIpc) is 3.52. The Bertz CT molecular complexity index is 1180. The number of esters is 1. The second kappa shape index (κ2) is 9.43. The first kappa shape index (κ1) is 22.9. The Hall–Kier alpha value is -2.84. The Morgan fingerprint density at radius 3 is 2.85 bits per heavy atom. The summed E-state index contributed by atoms with van der Waals surface area (Å²) in [6.07, 6.45) is 2.31. The van der Waals surface area contributed by atoms with E-state index >= 15 is 4.39 Å². The van der Waals surface area contributed by atoms with E-state index in [4.69, 9.17) is 9.47 Å². The van der Waals surface area contributed by atoms with Crippen molar-refractivity contribution in [2.75, 3.05) is 13.2 Å². The second-order valence-electron chi connectivity index (χ2n) is 8.93. The number of halogens is 2. The highest BCUT2D eigenvalue weighted by molar-refractivity contribution is 7.10. The van der Waals surface area contributed by atoms with Gasteiger partial charge in [0.1, 0.15) is 18.2 Å². The first-order valence-corrected chi connectivity index (χ1v) is 12.3. The Morgan fingerprint density at radius 2 is 2.12 bits per heavy atom. The Labute approximate surface area is 200 Å². The summed E-state index contributed by atoms with van der Waals surface area (Å²) in [6, 6.07) is 7.06. The first-order valence-electron chi connectivity index (χ1n) is 11.4. The maximum Gasteiger partial charge on any atom is 0.336 e. The summed E-state index contributed by atoms with van der Waals surface area (Å²) in [4.78, 5) is 27.8. The molecular weight excluding hydrogens is 460 g/mol. The Balaban J connectivity index is 1.54. The highest BCUT2D eigenvalue weighted by Gasteiger charge is 2.42. The van der Waals surface area contributed by atoms with Gasteiger partial charge in [0, 0.05) is 46.4 Å². The van der Waals surface area contributed by atoms with E-state index in [-0.39, 0.29) is 42.0 Å². The topological polar surface area (TPSA) is 64.6 Å². The summed E-state index contributed by atoms with van der Waals surface area (Å²) >= 11 is 1.59. The number of hydrogen-bond donors (Lipinski definition) is 1. The number of carbonyl (C=O) groups is 2. The molecule has 1 N–H and O–H groups in total. The molecule has 0 saturated carbocycles. The minimum atomic E-state index is -1.04. The molecule has 3 atom stereocenters. The van der Waals surface area contributed by atoms with Crippen molar-refractivity contribution in [3.05, 3.63) is 80.3 Å². The van der Waals surface area contributed by atoms with Gasteiger partial charge in [-0.1, -0.05) is 6.07 Å². The minimum absolute atomic E-state index is 0.00225. The number of Topliss-reactive ketones (excluding diaryl/α,β-unsaturated/α-hetero) is 1. The molecule has 0 radical (unpaired) electrons. The molecule has 0 amide bonds. The van der Waals surface area contributed by atoms with Crippen molar-refractivity contribution in [2.45, 2.75) is 50.5 Å². The molecule has 1 fully saturated rings. The van der Waals surface area contributed by atoms with Crippen LogP contribution in [-0.4, -0.2) is 31.1 Å². The fraction of sp³-hybridized carbons (Fsp3) is 0.385. The fourth-order valence-electron chi connectivity index (χ4n) is 5.10. The van der Waals surface area contributed by atoms with Crippen LogP contribution in [0.4, 0.5) is 8.78 Å². The van der Waals surface area contributed by atoms with Crippen molar-refractivity contribution in [2.24, 2.45) is 0 Å². The molecule has 1 aromatic carbocycles. The molecular formula is C26H25F2NO4S. The molecule has 5 nitrogen and oxygen atoms in total. The van der Waals surface area contributed by atoms with Crippen LogP contribution < -0.4 is 5.32 Å². The molecule has 3 aliphatic rings. The van der Waals surface area contributed by atoms with E-state index in [0.29, 0.717) is 30.0 Å².